The lowest BCUT2D eigenvalue weighted by Gasteiger charge is -2.04. The van der Waals surface area contributed by atoms with Gasteiger partial charge in [-0.25, -0.2) is 0 Å². The summed E-state index contributed by atoms with van der Waals surface area (Å²) in [7, 11) is 0. The van der Waals surface area contributed by atoms with Crippen molar-refractivity contribution in [2.24, 2.45) is 5.92 Å². The van der Waals surface area contributed by atoms with E-state index >= 15 is 0 Å². The van der Waals surface area contributed by atoms with Gasteiger partial charge in [0, 0.05) is 6.42 Å². The summed E-state index contributed by atoms with van der Waals surface area (Å²) in [5.74, 6) is 6.04. The lowest BCUT2D eigenvalue weighted by Crippen LogP contribution is -2.11. The highest BCUT2D eigenvalue weighted by molar-refractivity contribution is 5.05. The average molecular weight is 154 g/mol. The van der Waals surface area contributed by atoms with E-state index in [4.69, 9.17) is 0 Å². The van der Waals surface area contributed by atoms with Crippen LogP contribution in [0.4, 0.5) is 0 Å². The van der Waals surface area contributed by atoms with Crippen LogP contribution < -0.4 is 0 Å². The molecule has 0 radical (unpaired) electrons. The molecule has 0 aliphatic carbocycles. The minimum absolute atomic E-state index is 0.254. The first-order chi connectivity index (χ1) is 5.18. The molecule has 1 atom stereocenters. The monoisotopic (exact) mass is 154 g/mol. The van der Waals surface area contributed by atoms with Crippen molar-refractivity contribution in [1.29, 1.82) is 0 Å². The Morgan fingerprint density at radius 3 is 2.45 bits per heavy atom. The summed E-state index contributed by atoms with van der Waals surface area (Å²) >= 11 is 0. The number of hydrogen-bond acceptors (Lipinski definition) is 1. The molecule has 0 fully saturated rings. The molecule has 0 aliphatic heterocycles. The topological polar surface area (TPSA) is 20.2 Å². The van der Waals surface area contributed by atoms with Crippen molar-refractivity contribution >= 4 is 0 Å². The highest BCUT2D eigenvalue weighted by Crippen LogP contribution is 1.99. The van der Waals surface area contributed by atoms with Gasteiger partial charge in [0.25, 0.3) is 0 Å². The van der Waals surface area contributed by atoms with Gasteiger partial charge in [-0.05, 0) is 12.3 Å². The average Bonchev–Trinajstić information content (AvgIpc) is 1.97. The molecular weight excluding hydrogens is 136 g/mol. The molecule has 1 heteroatoms. The number of rotatable bonds is 3. The first-order valence-corrected chi connectivity index (χ1v) is 4.35. The Morgan fingerprint density at radius 2 is 2.00 bits per heavy atom. The Balaban J connectivity index is 3.51. The molecule has 0 unspecified atom stereocenters. The maximum Gasteiger partial charge on any atom is 0.117 e. The number of hydrogen-bond donors (Lipinski definition) is 1. The molecule has 0 saturated carbocycles. The van der Waals surface area contributed by atoms with Crippen LogP contribution >= 0.6 is 0 Å². The number of unbranched alkanes of at least 4 members (excludes halogenated alkanes) is 2. The molecule has 0 rings (SSSR count). The predicted octanol–water partition coefficient (Wildman–Crippen LogP) is 2.20. The van der Waals surface area contributed by atoms with Crippen LogP contribution in [0, 0.1) is 17.8 Å². The molecule has 0 aromatic rings. The summed E-state index contributed by atoms with van der Waals surface area (Å²) in [4.78, 5) is 0. The van der Waals surface area contributed by atoms with Crippen LogP contribution in [0.25, 0.3) is 0 Å². The Bertz CT molecular complexity index is 139. The van der Waals surface area contributed by atoms with Crippen LogP contribution in [-0.2, 0) is 0 Å². The molecule has 0 heterocycles. The molecular formula is C10H18O. The zero-order valence-corrected chi connectivity index (χ0v) is 7.72. The second-order valence-corrected chi connectivity index (χ2v) is 3.11. The normalized spacial score (nSPS) is 12.5. The van der Waals surface area contributed by atoms with E-state index in [0.717, 1.165) is 12.8 Å². The van der Waals surface area contributed by atoms with Crippen LogP contribution in [0.2, 0.25) is 0 Å². The van der Waals surface area contributed by atoms with Gasteiger partial charge in [-0.2, -0.15) is 0 Å². The summed E-state index contributed by atoms with van der Waals surface area (Å²) < 4.78 is 0. The predicted molar refractivity (Wildman–Crippen MR) is 48.1 cm³/mol. The van der Waals surface area contributed by atoms with Gasteiger partial charge in [-0.3, -0.25) is 0 Å². The minimum Gasteiger partial charge on any atom is -0.380 e. The van der Waals surface area contributed by atoms with Gasteiger partial charge in [-0.1, -0.05) is 33.1 Å². The van der Waals surface area contributed by atoms with Crippen LogP contribution in [0.15, 0.2) is 0 Å². The van der Waals surface area contributed by atoms with E-state index in [2.05, 4.69) is 18.8 Å². The lowest BCUT2D eigenvalue weighted by molar-refractivity contribution is 0.181. The molecule has 0 spiro atoms. The van der Waals surface area contributed by atoms with E-state index < -0.39 is 6.10 Å². The zero-order chi connectivity index (χ0) is 8.69. The van der Waals surface area contributed by atoms with E-state index in [9.17, 15) is 5.11 Å². The zero-order valence-electron chi connectivity index (χ0n) is 7.72. The van der Waals surface area contributed by atoms with Crippen molar-refractivity contribution in [3.8, 4) is 11.8 Å². The largest absolute Gasteiger partial charge is 0.380 e. The molecule has 1 nitrogen and oxygen atoms in total. The van der Waals surface area contributed by atoms with Gasteiger partial charge in [0.1, 0.15) is 6.10 Å². The molecule has 0 aromatic carbocycles. The fraction of sp³-hybridized carbons (Fsp3) is 0.800. The SMILES string of the molecule is CCCCC#C[C@@H](O)C(C)C. The van der Waals surface area contributed by atoms with Crippen LogP contribution in [-0.4, -0.2) is 11.2 Å². The summed E-state index contributed by atoms with van der Waals surface area (Å²) in [6, 6.07) is 0. The number of aliphatic hydroxyl groups excluding tert-OH is 1. The maximum atomic E-state index is 9.25. The van der Waals surface area contributed by atoms with E-state index in [1.165, 1.54) is 6.42 Å². The second kappa shape index (κ2) is 6.24. The van der Waals surface area contributed by atoms with Crippen molar-refractivity contribution in [2.45, 2.75) is 46.1 Å². The molecule has 0 aliphatic rings. The highest BCUT2D eigenvalue weighted by atomic mass is 16.3. The van der Waals surface area contributed by atoms with Gasteiger partial charge in [0.15, 0.2) is 0 Å². The second-order valence-electron chi connectivity index (χ2n) is 3.11. The van der Waals surface area contributed by atoms with Crippen molar-refractivity contribution in [1.82, 2.24) is 0 Å². The molecule has 0 amide bonds. The maximum absolute atomic E-state index is 9.25. The smallest absolute Gasteiger partial charge is 0.117 e. The van der Waals surface area contributed by atoms with Crippen molar-refractivity contribution in [2.75, 3.05) is 0 Å². The standard InChI is InChI=1S/C10H18O/c1-4-5-6-7-8-10(11)9(2)3/h9-11H,4-6H2,1-3H3/t10-/m1/s1. The van der Waals surface area contributed by atoms with Crippen molar-refractivity contribution < 1.29 is 5.11 Å². The fourth-order valence-corrected chi connectivity index (χ4v) is 0.609. The van der Waals surface area contributed by atoms with E-state index in [1.807, 2.05) is 13.8 Å². The Labute approximate surface area is 69.8 Å². The molecule has 64 valence electrons. The Hall–Kier alpha value is -0.480. The summed E-state index contributed by atoms with van der Waals surface area (Å²) in [5.41, 5.74) is 0. The van der Waals surface area contributed by atoms with E-state index in [0.29, 0.717) is 0 Å². The quantitative estimate of drug-likeness (QED) is 0.488. The first-order valence-electron chi connectivity index (χ1n) is 4.35. The third kappa shape index (κ3) is 5.94. The lowest BCUT2D eigenvalue weighted by atomic mass is 10.1. The van der Waals surface area contributed by atoms with Crippen LogP contribution in [0.1, 0.15) is 40.0 Å². The third-order valence-corrected chi connectivity index (χ3v) is 1.54. The summed E-state index contributed by atoms with van der Waals surface area (Å²) in [6.45, 7) is 6.08. The van der Waals surface area contributed by atoms with Gasteiger partial charge < -0.3 is 5.11 Å². The summed E-state index contributed by atoms with van der Waals surface area (Å²) in [6.07, 6.45) is 2.79. The van der Waals surface area contributed by atoms with Crippen molar-refractivity contribution in [3.05, 3.63) is 0 Å². The van der Waals surface area contributed by atoms with Gasteiger partial charge in [0.05, 0.1) is 0 Å². The minimum atomic E-state index is -0.438. The van der Waals surface area contributed by atoms with E-state index in [-0.39, 0.29) is 5.92 Å². The van der Waals surface area contributed by atoms with Gasteiger partial charge >= 0.3 is 0 Å². The molecule has 0 aromatic heterocycles. The van der Waals surface area contributed by atoms with Gasteiger partial charge in [0.2, 0.25) is 0 Å². The van der Waals surface area contributed by atoms with Crippen LogP contribution in [0.5, 0.6) is 0 Å². The van der Waals surface area contributed by atoms with Crippen LogP contribution in [0.3, 0.4) is 0 Å². The van der Waals surface area contributed by atoms with E-state index in [1.54, 1.807) is 0 Å². The summed E-state index contributed by atoms with van der Waals surface area (Å²) in [5, 5.41) is 9.25. The Kier molecular flexibility index (Phi) is 5.97. The third-order valence-electron chi connectivity index (χ3n) is 1.54. The van der Waals surface area contributed by atoms with Gasteiger partial charge in [-0.15, -0.1) is 5.92 Å². The van der Waals surface area contributed by atoms with Crippen molar-refractivity contribution in [3.63, 3.8) is 0 Å². The molecule has 0 saturated heterocycles. The fourth-order valence-electron chi connectivity index (χ4n) is 0.609. The molecule has 11 heavy (non-hydrogen) atoms. The molecule has 1 N–H and O–H groups in total. The first kappa shape index (κ1) is 10.5. The Morgan fingerprint density at radius 1 is 1.36 bits per heavy atom. The highest BCUT2D eigenvalue weighted by Gasteiger charge is 2.02. The number of aliphatic hydroxyl groups is 1. The molecule has 0 bridgehead atoms.